The Morgan fingerprint density at radius 3 is 1.82 bits per heavy atom. The van der Waals surface area contributed by atoms with Crippen LogP contribution in [0.2, 0.25) is 0 Å². The largest absolute Gasteiger partial charge is 0.0654 e. The van der Waals surface area contributed by atoms with E-state index in [1.807, 2.05) is 0 Å². The summed E-state index contributed by atoms with van der Waals surface area (Å²) in [4.78, 5) is 0. The molecule has 0 aromatic heterocycles. The average Bonchev–Trinajstić information content (AvgIpc) is 2.02. The molecule has 0 spiro atoms. The molecule has 3 atom stereocenters. The predicted octanol–water partition coefficient (Wildman–Crippen LogP) is 4.10. The summed E-state index contributed by atoms with van der Waals surface area (Å²) in [6, 6.07) is 0. The van der Waals surface area contributed by atoms with Crippen LogP contribution in [-0.4, -0.2) is 0 Å². The predicted molar refractivity (Wildman–Crippen MR) is 52.7 cm³/mol. The maximum absolute atomic E-state index is 2.40. The van der Waals surface area contributed by atoms with Crippen LogP contribution in [0.5, 0.6) is 0 Å². The highest BCUT2D eigenvalue weighted by molar-refractivity contribution is 4.66. The molecule has 0 N–H and O–H groups in total. The maximum Gasteiger partial charge on any atom is -0.0391 e. The van der Waals surface area contributed by atoms with E-state index in [-0.39, 0.29) is 0 Å². The molecule has 0 aliphatic heterocycles. The third-order valence-corrected chi connectivity index (χ3v) is 3.18. The second-order valence-corrected chi connectivity index (χ2v) is 4.01. The standard InChI is InChI=1S/C11H24/c1-6-8-10(4)11(5)9(3)7-2/h9-11H,6-8H2,1-5H3/t9-,10+,11+/m1/s1. The fourth-order valence-corrected chi connectivity index (χ4v) is 1.65. The minimum atomic E-state index is 0.900. The normalized spacial score (nSPS) is 19.4. The number of hydrogen-bond acceptors (Lipinski definition) is 0. The number of hydrogen-bond donors (Lipinski definition) is 0. The zero-order valence-corrected chi connectivity index (χ0v) is 8.85. The summed E-state index contributed by atoms with van der Waals surface area (Å²) in [7, 11) is 0. The molecular weight excluding hydrogens is 132 g/mol. The van der Waals surface area contributed by atoms with Crippen molar-refractivity contribution in [2.24, 2.45) is 17.8 Å². The van der Waals surface area contributed by atoms with Gasteiger partial charge >= 0.3 is 0 Å². The van der Waals surface area contributed by atoms with Gasteiger partial charge in [-0.3, -0.25) is 0 Å². The van der Waals surface area contributed by atoms with Crippen LogP contribution in [0.25, 0.3) is 0 Å². The lowest BCUT2D eigenvalue weighted by Crippen LogP contribution is -2.15. The van der Waals surface area contributed by atoms with Gasteiger partial charge in [-0.05, 0) is 17.8 Å². The van der Waals surface area contributed by atoms with Crippen molar-refractivity contribution in [1.82, 2.24) is 0 Å². The highest BCUT2D eigenvalue weighted by Crippen LogP contribution is 2.25. The van der Waals surface area contributed by atoms with Crippen molar-refractivity contribution >= 4 is 0 Å². The molecule has 0 fully saturated rings. The molecule has 0 bridgehead atoms. The fourth-order valence-electron chi connectivity index (χ4n) is 1.65. The van der Waals surface area contributed by atoms with Crippen LogP contribution in [0.4, 0.5) is 0 Å². The molecule has 0 amide bonds. The second kappa shape index (κ2) is 5.62. The van der Waals surface area contributed by atoms with Gasteiger partial charge in [-0.25, -0.2) is 0 Å². The van der Waals surface area contributed by atoms with Gasteiger partial charge in [0.1, 0.15) is 0 Å². The number of rotatable bonds is 5. The minimum absolute atomic E-state index is 0.900. The van der Waals surface area contributed by atoms with Crippen LogP contribution in [-0.2, 0) is 0 Å². The van der Waals surface area contributed by atoms with Crippen molar-refractivity contribution in [2.75, 3.05) is 0 Å². The summed E-state index contributed by atoms with van der Waals surface area (Å²) in [5.74, 6) is 2.71. The Morgan fingerprint density at radius 2 is 1.45 bits per heavy atom. The molecule has 0 saturated heterocycles. The summed E-state index contributed by atoms with van der Waals surface area (Å²) in [6.07, 6.45) is 4.06. The lowest BCUT2D eigenvalue weighted by Gasteiger charge is -2.24. The van der Waals surface area contributed by atoms with E-state index in [2.05, 4.69) is 34.6 Å². The van der Waals surface area contributed by atoms with Crippen molar-refractivity contribution in [1.29, 1.82) is 0 Å². The van der Waals surface area contributed by atoms with Gasteiger partial charge in [0, 0.05) is 0 Å². The minimum Gasteiger partial charge on any atom is -0.0654 e. The maximum atomic E-state index is 2.40. The SMILES string of the molecule is CCC[C@H](C)[C@@H](C)[C@H](C)CC. The Labute approximate surface area is 72.4 Å². The molecule has 0 radical (unpaired) electrons. The third-order valence-electron chi connectivity index (χ3n) is 3.18. The first-order valence-corrected chi connectivity index (χ1v) is 5.13. The van der Waals surface area contributed by atoms with E-state index >= 15 is 0 Å². The first-order valence-electron chi connectivity index (χ1n) is 5.13. The molecule has 0 heteroatoms. The van der Waals surface area contributed by atoms with Crippen LogP contribution < -0.4 is 0 Å². The molecule has 0 aliphatic carbocycles. The Hall–Kier alpha value is 0. The van der Waals surface area contributed by atoms with Gasteiger partial charge in [0.05, 0.1) is 0 Å². The summed E-state index contributed by atoms with van der Waals surface area (Å²) in [6.45, 7) is 11.7. The molecule has 0 heterocycles. The van der Waals surface area contributed by atoms with Gasteiger partial charge < -0.3 is 0 Å². The molecule has 11 heavy (non-hydrogen) atoms. The van der Waals surface area contributed by atoms with Crippen LogP contribution in [0.3, 0.4) is 0 Å². The van der Waals surface area contributed by atoms with Crippen LogP contribution in [0, 0.1) is 17.8 Å². The summed E-state index contributed by atoms with van der Waals surface area (Å²) in [5.41, 5.74) is 0. The van der Waals surface area contributed by atoms with Gasteiger partial charge in [-0.1, -0.05) is 53.9 Å². The smallest absolute Gasteiger partial charge is 0.0391 e. The zero-order valence-electron chi connectivity index (χ0n) is 8.85. The Balaban J connectivity index is 3.70. The molecule has 0 aromatic carbocycles. The molecule has 0 aliphatic rings. The molecule has 0 unspecified atom stereocenters. The second-order valence-electron chi connectivity index (χ2n) is 4.01. The summed E-state index contributed by atoms with van der Waals surface area (Å²) >= 11 is 0. The molecule has 0 saturated carbocycles. The van der Waals surface area contributed by atoms with Gasteiger partial charge in [-0.15, -0.1) is 0 Å². The quantitative estimate of drug-likeness (QED) is 0.562. The van der Waals surface area contributed by atoms with Gasteiger partial charge in [0.15, 0.2) is 0 Å². The lowest BCUT2D eigenvalue weighted by molar-refractivity contribution is 0.259. The van der Waals surface area contributed by atoms with E-state index in [1.54, 1.807) is 0 Å². The monoisotopic (exact) mass is 156 g/mol. The van der Waals surface area contributed by atoms with Crippen molar-refractivity contribution < 1.29 is 0 Å². The molecule has 68 valence electrons. The fraction of sp³-hybridized carbons (Fsp3) is 1.00. The molecule has 0 nitrogen and oxygen atoms in total. The zero-order chi connectivity index (χ0) is 8.85. The van der Waals surface area contributed by atoms with Gasteiger partial charge in [-0.2, -0.15) is 0 Å². The summed E-state index contributed by atoms with van der Waals surface area (Å²) < 4.78 is 0. The first-order chi connectivity index (χ1) is 5.13. The van der Waals surface area contributed by atoms with Crippen molar-refractivity contribution in [2.45, 2.75) is 53.9 Å². The van der Waals surface area contributed by atoms with E-state index in [0.29, 0.717) is 0 Å². The van der Waals surface area contributed by atoms with Crippen LogP contribution >= 0.6 is 0 Å². The Bertz CT molecular complexity index is 86.0. The molecule has 0 rings (SSSR count). The average molecular weight is 156 g/mol. The third kappa shape index (κ3) is 3.79. The Morgan fingerprint density at radius 1 is 0.909 bits per heavy atom. The van der Waals surface area contributed by atoms with Gasteiger partial charge in [0.25, 0.3) is 0 Å². The van der Waals surface area contributed by atoms with E-state index in [9.17, 15) is 0 Å². The van der Waals surface area contributed by atoms with Crippen molar-refractivity contribution in [3.8, 4) is 0 Å². The topological polar surface area (TPSA) is 0 Å². The Kier molecular flexibility index (Phi) is 5.62. The van der Waals surface area contributed by atoms with E-state index in [4.69, 9.17) is 0 Å². The molecular formula is C11H24. The van der Waals surface area contributed by atoms with Crippen molar-refractivity contribution in [3.63, 3.8) is 0 Å². The van der Waals surface area contributed by atoms with Crippen LogP contribution in [0.15, 0.2) is 0 Å². The lowest BCUT2D eigenvalue weighted by atomic mass is 9.81. The highest BCUT2D eigenvalue weighted by atomic mass is 14.2. The molecule has 0 aromatic rings. The van der Waals surface area contributed by atoms with Gasteiger partial charge in [0.2, 0.25) is 0 Å². The first kappa shape index (κ1) is 11.0. The van der Waals surface area contributed by atoms with Crippen molar-refractivity contribution in [3.05, 3.63) is 0 Å². The van der Waals surface area contributed by atoms with Crippen LogP contribution in [0.1, 0.15) is 53.9 Å². The van der Waals surface area contributed by atoms with E-state index in [1.165, 1.54) is 19.3 Å². The van der Waals surface area contributed by atoms with E-state index in [0.717, 1.165) is 17.8 Å². The van der Waals surface area contributed by atoms with E-state index < -0.39 is 0 Å². The highest BCUT2D eigenvalue weighted by Gasteiger charge is 2.16. The summed E-state index contributed by atoms with van der Waals surface area (Å²) in [5, 5.41) is 0.